The van der Waals surface area contributed by atoms with Crippen LogP contribution in [0.4, 0.5) is 5.69 Å². The molecule has 34 heavy (non-hydrogen) atoms. The van der Waals surface area contributed by atoms with Crippen molar-refractivity contribution in [3.05, 3.63) is 53.6 Å². The van der Waals surface area contributed by atoms with Crippen LogP contribution in [0.15, 0.2) is 53.1 Å². The molecule has 0 heterocycles. The van der Waals surface area contributed by atoms with Gasteiger partial charge in [0, 0.05) is 23.2 Å². The number of hydrogen-bond acceptors (Lipinski definition) is 4. The first-order valence-electron chi connectivity index (χ1n) is 13.0. The molecule has 3 fully saturated rings. The van der Waals surface area contributed by atoms with Gasteiger partial charge in [0.1, 0.15) is 5.60 Å². The first-order valence-corrected chi connectivity index (χ1v) is 13.0. The molecule has 3 saturated carbocycles. The minimum atomic E-state index is -1.31. The first-order chi connectivity index (χ1) is 16.0. The van der Waals surface area contributed by atoms with Crippen LogP contribution in [-0.2, 0) is 4.79 Å². The zero-order valence-electron chi connectivity index (χ0n) is 21.2. The van der Waals surface area contributed by atoms with Crippen molar-refractivity contribution in [1.82, 2.24) is 0 Å². The fraction of sp³-hybridized carbons (Fsp3) is 0.600. The van der Waals surface area contributed by atoms with Gasteiger partial charge < -0.3 is 10.2 Å². The maximum absolute atomic E-state index is 12.9. The molecule has 8 atom stereocenters. The second kappa shape index (κ2) is 7.99. The topological polar surface area (TPSA) is 69.9 Å². The molecule has 1 aromatic carbocycles. The third kappa shape index (κ3) is 3.25. The summed E-state index contributed by atoms with van der Waals surface area (Å²) < 4.78 is 0. The van der Waals surface area contributed by atoms with Gasteiger partial charge in [0.05, 0.1) is 17.5 Å². The van der Waals surface area contributed by atoms with Crippen LogP contribution in [0.5, 0.6) is 0 Å². The summed E-state index contributed by atoms with van der Waals surface area (Å²) in [6.45, 7) is 10.5. The predicted molar refractivity (Wildman–Crippen MR) is 136 cm³/mol. The van der Waals surface area contributed by atoms with E-state index in [4.69, 9.17) is 4.99 Å². The molecule has 4 aliphatic carbocycles. The molecule has 4 nitrogen and oxygen atoms in total. The molecule has 2 N–H and O–H groups in total. The van der Waals surface area contributed by atoms with E-state index in [9.17, 15) is 15.0 Å². The molecule has 4 aliphatic rings. The highest BCUT2D eigenvalue weighted by Crippen LogP contribution is 2.67. The number of carbonyl (C=O) groups is 1. The summed E-state index contributed by atoms with van der Waals surface area (Å²) in [5.41, 5.74) is 2.36. The van der Waals surface area contributed by atoms with E-state index in [-0.39, 0.29) is 29.0 Å². The van der Waals surface area contributed by atoms with E-state index < -0.39 is 17.1 Å². The Balaban J connectivity index is 1.50. The molecule has 5 rings (SSSR count). The number of aliphatic hydroxyl groups is 2. The van der Waals surface area contributed by atoms with Crippen molar-refractivity contribution in [2.75, 3.05) is 0 Å². The number of rotatable bonds is 3. The number of nitrogens with zero attached hydrogens (tertiary/aromatic N) is 1. The van der Waals surface area contributed by atoms with Gasteiger partial charge in [-0.3, -0.25) is 4.79 Å². The Bertz CT molecular complexity index is 1080. The lowest BCUT2D eigenvalue weighted by molar-refractivity contribution is -0.178. The van der Waals surface area contributed by atoms with Crippen molar-refractivity contribution >= 4 is 17.2 Å². The SMILES string of the molecule is CCC(=O)[C@@]1(O)CC[C@H]2[C@@H]3C[C@H](C)C4=C/C(=N/c5ccc(C)cc5)C=C[C@]4(C)[C@H]3[C@@H](O)C[C@@]21C. The van der Waals surface area contributed by atoms with E-state index in [2.05, 4.69) is 58.1 Å². The Hall–Kier alpha value is -2.04. The molecule has 182 valence electrons. The van der Waals surface area contributed by atoms with E-state index in [1.165, 1.54) is 11.1 Å². The van der Waals surface area contributed by atoms with Crippen molar-refractivity contribution in [3.8, 4) is 0 Å². The molecular formula is C30H39NO3. The Morgan fingerprint density at radius 3 is 2.59 bits per heavy atom. The van der Waals surface area contributed by atoms with Gasteiger partial charge in [0.2, 0.25) is 0 Å². The molecule has 1 aromatic rings. The van der Waals surface area contributed by atoms with Crippen LogP contribution in [0.25, 0.3) is 0 Å². The fourth-order valence-electron chi connectivity index (χ4n) is 8.35. The highest BCUT2D eigenvalue weighted by molar-refractivity contribution is 6.07. The average Bonchev–Trinajstić information content (AvgIpc) is 3.06. The van der Waals surface area contributed by atoms with Crippen LogP contribution in [-0.4, -0.2) is 33.4 Å². The molecule has 0 aliphatic heterocycles. The number of aryl methyl sites for hydroxylation is 1. The smallest absolute Gasteiger partial charge is 0.164 e. The summed E-state index contributed by atoms with van der Waals surface area (Å²) in [5.74, 6) is 0.908. The van der Waals surface area contributed by atoms with Crippen molar-refractivity contribution in [1.29, 1.82) is 0 Å². The van der Waals surface area contributed by atoms with Gasteiger partial charge >= 0.3 is 0 Å². The largest absolute Gasteiger partial charge is 0.393 e. The summed E-state index contributed by atoms with van der Waals surface area (Å²) in [5, 5.41) is 23.2. The van der Waals surface area contributed by atoms with E-state index in [0.29, 0.717) is 25.2 Å². The summed E-state index contributed by atoms with van der Waals surface area (Å²) in [6.07, 6.45) is 9.26. The molecule has 0 bridgehead atoms. The molecule has 4 heteroatoms. The summed E-state index contributed by atoms with van der Waals surface area (Å²) in [4.78, 5) is 17.7. The fourth-order valence-corrected chi connectivity index (χ4v) is 8.35. The maximum Gasteiger partial charge on any atom is 0.164 e. The van der Waals surface area contributed by atoms with Gasteiger partial charge in [-0.1, -0.05) is 57.0 Å². The van der Waals surface area contributed by atoms with Gasteiger partial charge in [-0.05, 0) is 74.6 Å². The van der Waals surface area contributed by atoms with Crippen LogP contribution in [0, 0.1) is 41.4 Å². The number of aliphatic imine (C=N–C) groups is 1. The normalized spacial score (nSPS) is 44.3. The number of fused-ring (bicyclic) bond motifs is 5. The highest BCUT2D eigenvalue weighted by Gasteiger charge is 2.68. The maximum atomic E-state index is 12.9. The van der Waals surface area contributed by atoms with Crippen LogP contribution in [0.3, 0.4) is 0 Å². The van der Waals surface area contributed by atoms with E-state index in [1.54, 1.807) is 0 Å². The number of ketones is 1. The molecule has 0 radical (unpaired) electrons. The van der Waals surface area contributed by atoms with Crippen molar-refractivity contribution < 1.29 is 15.0 Å². The van der Waals surface area contributed by atoms with Crippen LogP contribution in [0.2, 0.25) is 0 Å². The van der Waals surface area contributed by atoms with E-state index >= 15 is 0 Å². The molecule has 0 spiro atoms. The number of aliphatic hydroxyl groups excluding tert-OH is 1. The minimum absolute atomic E-state index is 0.0617. The van der Waals surface area contributed by atoms with Gasteiger partial charge in [-0.15, -0.1) is 0 Å². The third-order valence-corrected chi connectivity index (χ3v) is 10.1. The number of allylic oxidation sites excluding steroid dienone is 4. The van der Waals surface area contributed by atoms with Crippen molar-refractivity contribution in [2.45, 2.75) is 78.4 Å². The zero-order chi connectivity index (χ0) is 24.5. The van der Waals surface area contributed by atoms with Gasteiger partial charge in [0.15, 0.2) is 5.78 Å². The lowest BCUT2D eigenvalue weighted by Gasteiger charge is -2.61. The molecule has 0 aromatic heterocycles. The second-order valence-electron chi connectivity index (χ2n) is 11.9. The van der Waals surface area contributed by atoms with E-state index in [0.717, 1.165) is 24.2 Å². The monoisotopic (exact) mass is 461 g/mol. The zero-order valence-corrected chi connectivity index (χ0v) is 21.2. The Morgan fingerprint density at radius 2 is 1.91 bits per heavy atom. The second-order valence-corrected chi connectivity index (χ2v) is 11.9. The summed E-state index contributed by atoms with van der Waals surface area (Å²) in [6, 6.07) is 8.26. The van der Waals surface area contributed by atoms with Crippen molar-refractivity contribution in [3.63, 3.8) is 0 Å². The standard InChI is InChI=1S/C30H39NO3/c1-6-26(33)30(34)14-12-23-22-15-19(3)24-16-21(31-20-9-7-18(2)8-10-20)11-13-28(24,4)27(22)25(32)17-29(23,30)5/h7-11,13,16,19,22-23,25,27,32,34H,6,12,14-15,17H2,1-5H3/b31-21+/t19-,22-,23-,25-,27+,28-,29-,30-/m0/s1. The molecule has 0 amide bonds. The minimum Gasteiger partial charge on any atom is -0.393 e. The number of benzene rings is 1. The third-order valence-electron chi connectivity index (χ3n) is 10.1. The Kier molecular flexibility index (Phi) is 5.57. The first kappa shape index (κ1) is 23.7. The van der Waals surface area contributed by atoms with Crippen molar-refractivity contribution in [2.24, 2.45) is 39.5 Å². The highest BCUT2D eigenvalue weighted by atomic mass is 16.3. The van der Waals surface area contributed by atoms with E-state index in [1.807, 2.05) is 19.1 Å². The predicted octanol–water partition coefficient (Wildman–Crippen LogP) is 5.73. The molecule has 0 unspecified atom stereocenters. The quantitative estimate of drug-likeness (QED) is 0.604. The Labute approximate surface area is 203 Å². The number of Topliss-reactive ketones (excluding diaryl/α,β-unsaturated/α-hetero) is 1. The summed E-state index contributed by atoms with van der Waals surface area (Å²) in [7, 11) is 0. The Morgan fingerprint density at radius 1 is 1.21 bits per heavy atom. The van der Waals surface area contributed by atoms with Gasteiger partial charge in [-0.25, -0.2) is 4.99 Å². The van der Waals surface area contributed by atoms with Gasteiger partial charge in [0.25, 0.3) is 0 Å². The van der Waals surface area contributed by atoms with Crippen LogP contribution in [0.1, 0.15) is 65.4 Å². The summed E-state index contributed by atoms with van der Waals surface area (Å²) >= 11 is 0. The van der Waals surface area contributed by atoms with Gasteiger partial charge in [-0.2, -0.15) is 0 Å². The number of carbonyl (C=O) groups excluding carboxylic acids is 1. The molecule has 0 saturated heterocycles. The number of hydrogen-bond donors (Lipinski definition) is 2. The van der Waals surface area contributed by atoms with Crippen LogP contribution >= 0.6 is 0 Å². The van der Waals surface area contributed by atoms with Crippen LogP contribution < -0.4 is 0 Å². The molecular weight excluding hydrogens is 422 g/mol. The average molecular weight is 462 g/mol. The lowest BCUT2D eigenvalue weighted by Crippen LogP contribution is -2.62. The lowest BCUT2D eigenvalue weighted by atomic mass is 9.44.